The highest BCUT2D eigenvalue weighted by Crippen LogP contribution is 2.24. The lowest BCUT2D eigenvalue weighted by Crippen LogP contribution is -2.45. The predicted molar refractivity (Wildman–Crippen MR) is 91.4 cm³/mol. The topological polar surface area (TPSA) is 79.6 Å². The maximum absolute atomic E-state index is 12.2. The molecule has 0 bridgehead atoms. The van der Waals surface area contributed by atoms with Gasteiger partial charge in [0.2, 0.25) is 5.91 Å². The van der Waals surface area contributed by atoms with Gasteiger partial charge < -0.3 is 9.73 Å². The van der Waals surface area contributed by atoms with Crippen LogP contribution < -0.4 is 5.32 Å². The smallest absolute Gasteiger partial charge is 0.223 e. The van der Waals surface area contributed by atoms with Gasteiger partial charge in [-0.25, -0.2) is 8.42 Å². The number of sulfone groups is 1. The molecule has 2 saturated heterocycles. The van der Waals surface area contributed by atoms with E-state index in [1.54, 1.807) is 6.26 Å². The van der Waals surface area contributed by atoms with Crippen LogP contribution in [0.15, 0.2) is 22.8 Å². The van der Waals surface area contributed by atoms with E-state index in [0.29, 0.717) is 12.3 Å². The summed E-state index contributed by atoms with van der Waals surface area (Å²) in [6.45, 7) is 2.32. The second-order valence-electron chi connectivity index (χ2n) is 6.84. The van der Waals surface area contributed by atoms with Crippen LogP contribution in [-0.2, 0) is 21.1 Å². The van der Waals surface area contributed by atoms with Crippen molar-refractivity contribution in [1.29, 1.82) is 0 Å². The van der Waals surface area contributed by atoms with Gasteiger partial charge >= 0.3 is 0 Å². The van der Waals surface area contributed by atoms with Crippen LogP contribution in [0.25, 0.3) is 0 Å². The molecule has 1 atom stereocenters. The Hall–Kier alpha value is -1.34. The number of carbonyl (C=O) groups is 1. The quantitative estimate of drug-likeness (QED) is 0.777. The van der Waals surface area contributed by atoms with Crippen molar-refractivity contribution in [2.24, 2.45) is 5.92 Å². The molecule has 0 saturated carbocycles. The average Bonchev–Trinajstić information content (AvgIpc) is 3.21. The number of amides is 1. The average molecular weight is 354 g/mol. The third-order valence-electron chi connectivity index (χ3n) is 5.10. The van der Waals surface area contributed by atoms with Crippen LogP contribution in [0, 0.1) is 5.92 Å². The molecule has 2 fully saturated rings. The molecule has 1 unspecified atom stereocenters. The van der Waals surface area contributed by atoms with Gasteiger partial charge in [-0.1, -0.05) is 0 Å². The summed E-state index contributed by atoms with van der Waals surface area (Å²) in [5.74, 6) is 1.74. The molecule has 134 valence electrons. The Kier molecular flexibility index (Phi) is 5.61. The van der Waals surface area contributed by atoms with Crippen molar-refractivity contribution in [1.82, 2.24) is 10.2 Å². The minimum Gasteiger partial charge on any atom is -0.469 e. The van der Waals surface area contributed by atoms with E-state index >= 15 is 0 Å². The number of piperidine rings is 1. The van der Waals surface area contributed by atoms with E-state index in [4.69, 9.17) is 4.42 Å². The van der Waals surface area contributed by atoms with Gasteiger partial charge in [0.1, 0.15) is 5.76 Å². The molecule has 1 amide bonds. The number of hydrogen-bond donors (Lipinski definition) is 1. The molecule has 24 heavy (non-hydrogen) atoms. The minimum absolute atomic E-state index is 0.0582. The highest BCUT2D eigenvalue weighted by atomic mass is 32.2. The lowest BCUT2D eigenvalue weighted by molar-refractivity contribution is -0.126. The molecule has 1 aromatic rings. The fourth-order valence-electron chi connectivity index (χ4n) is 3.66. The molecule has 7 heteroatoms. The van der Waals surface area contributed by atoms with Crippen molar-refractivity contribution in [3.63, 3.8) is 0 Å². The van der Waals surface area contributed by atoms with Gasteiger partial charge in [-0.05, 0) is 50.9 Å². The van der Waals surface area contributed by atoms with Crippen LogP contribution in [0.4, 0.5) is 0 Å². The number of aryl methyl sites for hydroxylation is 1. The molecule has 2 aliphatic heterocycles. The molecule has 3 heterocycles. The van der Waals surface area contributed by atoms with E-state index in [0.717, 1.165) is 51.0 Å². The van der Waals surface area contributed by atoms with Crippen LogP contribution in [-0.4, -0.2) is 56.4 Å². The first-order chi connectivity index (χ1) is 11.5. The molecule has 0 spiro atoms. The molecular formula is C17H26N2O4S. The SMILES string of the molecule is O=C(NCCCc1ccco1)C1CCN(C2CCS(=O)(=O)C2)CC1. The van der Waals surface area contributed by atoms with Gasteiger partial charge in [0.15, 0.2) is 9.84 Å². The Labute approximate surface area is 143 Å². The zero-order valence-corrected chi connectivity index (χ0v) is 14.8. The molecule has 0 aliphatic carbocycles. The summed E-state index contributed by atoms with van der Waals surface area (Å²) in [5.41, 5.74) is 0. The van der Waals surface area contributed by atoms with E-state index in [9.17, 15) is 13.2 Å². The largest absolute Gasteiger partial charge is 0.469 e. The van der Waals surface area contributed by atoms with Crippen molar-refractivity contribution >= 4 is 15.7 Å². The zero-order chi connectivity index (χ0) is 17.0. The van der Waals surface area contributed by atoms with Crippen molar-refractivity contribution in [2.45, 2.75) is 38.1 Å². The summed E-state index contributed by atoms with van der Waals surface area (Å²) in [6.07, 6.45) is 5.75. The number of likely N-dealkylation sites (tertiary alicyclic amines) is 1. The summed E-state index contributed by atoms with van der Waals surface area (Å²) in [5, 5.41) is 3.02. The minimum atomic E-state index is -2.84. The van der Waals surface area contributed by atoms with Gasteiger partial charge in [0, 0.05) is 24.9 Å². The highest BCUT2D eigenvalue weighted by molar-refractivity contribution is 7.91. The molecule has 2 aliphatic rings. The van der Waals surface area contributed by atoms with Gasteiger partial charge in [-0.3, -0.25) is 9.69 Å². The van der Waals surface area contributed by atoms with E-state index in [-0.39, 0.29) is 23.6 Å². The predicted octanol–water partition coefficient (Wildman–Crippen LogP) is 1.23. The lowest BCUT2D eigenvalue weighted by atomic mass is 9.94. The van der Waals surface area contributed by atoms with E-state index in [2.05, 4.69) is 10.2 Å². The Morgan fingerprint density at radius 3 is 2.71 bits per heavy atom. The van der Waals surface area contributed by atoms with Crippen molar-refractivity contribution < 1.29 is 17.6 Å². The van der Waals surface area contributed by atoms with Crippen molar-refractivity contribution in [3.8, 4) is 0 Å². The van der Waals surface area contributed by atoms with Crippen LogP contribution in [0.2, 0.25) is 0 Å². The summed E-state index contributed by atoms with van der Waals surface area (Å²) in [7, 11) is -2.84. The fourth-order valence-corrected chi connectivity index (χ4v) is 5.43. The van der Waals surface area contributed by atoms with Gasteiger partial charge in [0.25, 0.3) is 0 Å². The Bertz CT molecular complexity index is 634. The van der Waals surface area contributed by atoms with E-state index in [1.165, 1.54) is 0 Å². The first-order valence-electron chi connectivity index (χ1n) is 8.78. The normalized spacial score (nSPS) is 24.9. The maximum Gasteiger partial charge on any atom is 0.223 e. The summed E-state index contributed by atoms with van der Waals surface area (Å²) < 4.78 is 28.5. The monoisotopic (exact) mass is 354 g/mol. The standard InChI is InChI=1S/C17H26N2O4S/c20-17(18-8-1-3-16-4-2-11-23-16)14-5-9-19(10-6-14)15-7-12-24(21,22)13-15/h2,4,11,14-15H,1,3,5-10,12-13H2,(H,18,20). The molecule has 1 aromatic heterocycles. The molecule has 0 radical (unpaired) electrons. The van der Waals surface area contributed by atoms with Gasteiger partial charge in [-0.2, -0.15) is 0 Å². The molecule has 6 nitrogen and oxygen atoms in total. The first kappa shape index (κ1) is 17.5. The number of furan rings is 1. The maximum atomic E-state index is 12.2. The van der Waals surface area contributed by atoms with Crippen LogP contribution in [0.3, 0.4) is 0 Å². The second-order valence-corrected chi connectivity index (χ2v) is 9.07. The summed E-state index contributed by atoms with van der Waals surface area (Å²) in [6, 6.07) is 3.98. The van der Waals surface area contributed by atoms with Crippen molar-refractivity contribution in [2.75, 3.05) is 31.1 Å². The third-order valence-corrected chi connectivity index (χ3v) is 6.85. The Morgan fingerprint density at radius 2 is 2.08 bits per heavy atom. The number of nitrogens with zero attached hydrogens (tertiary/aromatic N) is 1. The molecular weight excluding hydrogens is 328 g/mol. The summed E-state index contributed by atoms with van der Waals surface area (Å²) in [4.78, 5) is 14.5. The van der Waals surface area contributed by atoms with E-state index in [1.807, 2.05) is 12.1 Å². The highest BCUT2D eigenvalue weighted by Gasteiger charge is 2.35. The van der Waals surface area contributed by atoms with Crippen molar-refractivity contribution in [3.05, 3.63) is 24.2 Å². The number of carbonyl (C=O) groups excluding carboxylic acids is 1. The number of nitrogens with one attached hydrogen (secondary N) is 1. The molecule has 1 N–H and O–H groups in total. The van der Waals surface area contributed by atoms with Gasteiger partial charge in [-0.15, -0.1) is 0 Å². The third kappa shape index (κ3) is 4.60. The Balaban J connectivity index is 1.34. The molecule has 3 rings (SSSR count). The van der Waals surface area contributed by atoms with E-state index < -0.39 is 9.84 Å². The number of hydrogen-bond acceptors (Lipinski definition) is 5. The lowest BCUT2D eigenvalue weighted by Gasteiger charge is -2.34. The summed E-state index contributed by atoms with van der Waals surface area (Å²) >= 11 is 0. The second kappa shape index (κ2) is 7.70. The Morgan fingerprint density at radius 1 is 1.29 bits per heavy atom. The fraction of sp³-hybridized carbons (Fsp3) is 0.706. The van der Waals surface area contributed by atoms with Crippen LogP contribution >= 0.6 is 0 Å². The van der Waals surface area contributed by atoms with Crippen LogP contribution in [0.1, 0.15) is 31.4 Å². The van der Waals surface area contributed by atoms with Crippen LogP contribution in [0.5, 0.6) is 0 Å². The zero-order valence-electron chi connectivity index (χ0n) is 13.9. The number of rotatable bonds is 6. The first-order valence-corrected chi connectivity index (χ1v) is 10.6. The van der Waals surface area contributed by atoms with Gasteiger partial charge in [0.05, 0.1) is 17.8 Å². The molecule has 0 aromatic carbocycles.